The number of halogens is 2. The zero-order valence-corrected chi connectivity index (χ0v) is 11.2. The molecule has 0 bridgehead atoms. The number of thioether (sulfide) groups is 1. The summed E-state index contributed by atoms with van der Waals surface area (Å²) in [7, 11) is 0. The molecule has 0 unspecified atom stereocenters. The second kappa shape index (κ2) is 7.14. The van der Waals surface area contributed by atoms with Crippen molar-refractivity contribution in [3.05, 3.63) is 60.2 Å². The van der Waals surface area contributed by atoms with E-state index in [1.807, 2.05) is 30.3 Å². The third-order valence-corrected chi connectivity index (χ3v) is 3.39. The number of benzene rings is 2. The van der Waals surface area contributed by atoms with E-state index in [-0.39, 0.29) is 0 Å². The fourth-order valence-electron chi connectivity index (χ4n) is 1.75. The maximum absolute atomic E-state index is 12.2. The van der Waals surface area contributed by atoms with Gasteiger partial charge in [-0.1, -0.05) is 42.1 Å². The Bertz CT molecular complexity index is 485. The molecule has 0 amide bonds. The van der Waals surface area contributed by atoms with Crippen LogP contribution in [0.2, 0.25) is 0 Å². The van der Waals surface area contributed by atoms with Crippen molar-refractivity contribution in [1.29, 1.82) is 0 Å². The normalized spacial score (nSPS) is 10.7. The minimum Gasteiger partial charge on any atom is -0.385 e. The van der Waals surface area contributed by atoms with Crippen LogP contribution < -0.4 is 5.32 Å². The third-order valence-electron chi connectivity index (χ3n) is 2.67. The Morgan fingerprint density at radius 2 is 1.63 bits per heavy atom. The molecule has 0 heterocycles. The first-order valence-corrected chi connectivity index (χ1v) is 6.95. The lowest BCUT2D eigenvalue weighted by Gasteiger charge is -2.07. The fourth-order valence-corrected chi connectivity index (χ4v) is 2.25. The maximum Gasteiger partial charge on any atom is 0.288 e. The summed E-state index contributed by atoms with van der Waals surface area (Å²) in [5, 5.41) is 3.28. The molecular weight excluding hydrogens is 264 g/mol. The van der Waals surface area contributed by atoms with Crippen molar-refractivity contribution >= 4 is 17.4 Å². The second-order valence-electron chi connectivity index (χ2n) is 4.07. The van der Waals surface area contributed by atoms with Gasteiger partial charge in [-0.2, -0.15) is 8.78 Å². The first kappa shape index (κ1) is 13.9. The molecule has 0 spiro atoms. The molecule has 0 aliphatic carbocycles. The third kappa shape index (κ3) is 4.91. The lowest BCUT2D eigenvalue weighted by molar-refractivity contribution is 0.252. The highest BCUT2D eigenvalue weighted by Crippen LogP contribution is 2.26. The molecule has 1 N–H and O–H groups in total. The van der Waals surface area contributed by atoms with Gasteiger partial charge >= 0.3 is 0 Å². The first-order valence-electron chi connectivity index (χ1n) is 6.07. The quantitative estimate of drug-likeness (QED) is 0.772. The minimum absolute atomic E-state index is 0.567. The van der Waals surface area contributed by atoms with Crippen LogP contribution in [0.3, 0.4) is 0 Å². The van der Waals surface area contributed by atoms with Gasteiger partial charge in [-0.25, -0.2) is 0 Å². The number of rotatable bonds is 6. The van der Waals surface area contributed by atoms with Crippen molar-refractivity contribution in [2.45, 2.75) is 17.1 Å². The van der Waals surface area contributed by atoms with Gasteiger partial charge in [0, 0.05) is 17.1 Å². The Kier molecular flexibility index (Phi) is 5.21. The fraction of sp³-hybridized carbons (Fsp3) is 0.200. The molecule has 19 heavy (non-hydrogen) atoms. The van der Waals surface area contributed by atoms with Crippen LogP contribution in [0.4, 0.5) is 14.5 Å². The summed E-state index contributed by atoms with van der Waals surface area (Å²) in [4.78, 5) is 0.587. The van der Waals surface area contributed by atoms with E-state index in [2.05, 4.69) is 17.4 Å². The molecule has 0 atom stereocenters. The van der Waals surface area contributed by atoms with Gasteiger partial charge < -0.3 is 5.32 Å². The van der Waals surface area contributed by atoms with Gasteiger partial charge in [0.05, 0.1) is 0 Å². The van der Waals surface area contributed by atoms with Crippen molar-refractivity contribution < 1.29 is 8.78 Å². The molecule has 2 aromatic carbocycles. The predicted octanol–water partition coefficient (Wildman–Crippen LogP) is 4.66. The monoisotopic (exact) mass is 279 g/mol. The van der Waals surface area contributed by atoms with Crippen molar-refractivity contribution in [1.82, 2.24) is 0 Å². The van der Waals surface area contributed by atoms with E-state index < -0.39 is 5.76 Å². The van der Waals surface area contributed by atoms with Crippen LogP contribution in [-0.2, 0) is 6.42 Å². The summed E-state index contributed by atoms with van der Waals surface area (Å²) in [6.07, 6.45) is 0.939. The van der Waals surface area contributed by atoms with E-state index in [4.69, 9.17) is 0 Å². The Hall–Kier alpha value is -1.55. The van der Waals surface area contributed by atoms with Crippen LogP contribution in [-0.4, -0.2) is 12.3 Å². The SMILES string of the molecule is FC(F)Sc1ccc(NCCc2ccccc2)cc1. The standard InChI is InChI=1S/C15H15F2NS/c16-15(17)19-14-8-6-13(7-9-14)18-11-10-12-4-2-1-3-5-12/h1-9,15,18H,10-11H2. The molecule has 0 aliphatic rings. The van der Waals surface area contributed by atoms with Crippen LogP contribution >= 0.6 is 11.8 Å². The molecule has 100 valence electrons. The Morgan fingerprint density at radius 1 is 0.947 bits per heavy atom. The first-order chi connectivity index (χ1) is 9.24. The van der Waals surface area contributed by atoms with Gasteiger partial charge in [0.1, 0.15) is 0 Å². The average molecular weight is 279 g/mol. The van der Waals surface area contributed by atoms with Crippen LogP contribution in [0.5, 0.6) is 0 Å². The van der Waals surface area contributed by atoms with Crippen molar-refractivity contribution in [3.8, 4) is 0 Å². The maximum atomic E-state index is 12.2. The summed E-state index contributed by atoms with van der Waals surface area (Å²) < 4.78 is 24.3. The topological polar surface area (TPSA) is 12.0 Å². The van der Waals surface area contributed by atoms with E-state index in [1.165, 1.54) is 5.56 Å². The van der Waals surface area contributed by atoms with Gasteiger partial charge in [-0.05, 0) is 36.2 Å². The number of nitrogens with one attached hydrogen (secondary N) is 1. The van der Waals surface area contributed by atoms with Gasteiger partial charge in [0.2, 0.25) is 0 Å². The molecule has 2 aromatic rings. The minimum atomic E-state index is -2.36. The zero-order chi connectivity index (χ0) is 13.5. The lowest BCUT2D eigenvalue weighted by Crippen LogP contribution is -2.04. The number of alkyl halides is 2. The van der Waals surface area contributed by atoms with Gasteiger partial charge in [-0.15, -0.1) is 0 Å². The van der Waals surface area contributed by atoms with E-state index in [0.717, 1.165) is 18.7 Å². The van der Waals surface area contributed by atoms with E-state index in [1.54, 1.807) is 12.1 Å². The Morgan fingerprint density at radius 3 is 2.26 bits per heavy atom. The summed E-state index contributed by atoms with van der Waals surface area (Å²) in [5.41, 5.74) is 2.23. The van der Waals surface area contributed by atoms with Crippen molar-refractivity contribution in [3.63, 3.8) is 0 Å². The van der Waals surface area contributed by atoms with E-state index >= 15 is 0 Å². The van der Waals surface area contributed by atoms with Crippen LogP contribution in [0.15, 0.2) is 59.5 Å². The summed E-state index contributed by atoms with van der Waals surface area (Å²) in [6, 6.07) is 17.3. The van der Waals surface area contributed by atoms with Crippen molar-refractivity contribution in [2.24, 2.45) is 0 Å². The van der Waals surface area contributed by atoms with Gasteiger partial charge in [0.25, 0.3) is 5.76 Å². The molecule has 2 rings (SSSR count). The number of hydrogen-bond donors (Lipinski definition) is 1. The summed E-state index contributed by atoms with van der Waals surface area (Å²) >= 11 is 0.567. The zero-order valence-electron chi connectivity index (χ0n) is 10.4. The predicted molar refractivity (Wildman–Crippen MR) is 76.9 cm³/mol. The molecule has 0 fully saturated rings. The van der Waals surface area contributed by atoms with Crippen LogP contribution in [0.25, 0.3) is 0 Å². The second-order valence-corrected chi connectivity index (χ2v) is 5.13. The van der Waals surface area contributed by atoms with Gasteiger partial charge in [-0.3, -0.25) is 0 Å². The molecule has 0 saturated carbocycles. The highest BCUT2D eigenvalue weighted by molar-refractivity contribution is 7.99. The van der Waals surface area contributed by atoms with Crippen LogP contribution in [0, 0.1) is 0 Å². The molecule has 4 heteroatoms. The van der Waals surface area contributed by atoms with Gasteiger partial charge in [0.15, 0.2) is 0 Å². The highest BCUT2D eigenvalue weighted by Gasteiger charge is 2.04. The van der Waals surface area contributed by atoms with Crippen LogP contribution in [0.1, 0.15) is 5.56 Å². The molecular formula is C15H15F2NS. The number of anilines is 1. The highest BCUT2D eigenvalue weighted by atomic mass is 32.2. The van der Waals surface area contributed by atoms with E-state index in [9.17, 15) is 8.78 Å². The lowest BCUT2D eigenvalue weighted by atomic mass is 10.1. The average Bonchev–Trinajstić information content (AvgIpc) is 2.41. The smallest absolute Gasteiger partial charge is 0.288 e. The van der Waals surface area contributed by atoms with Crippen molar-refractivity contribution in [2.75, 3.05) is 11.9 Å². The molecule has 0 saturated heterocycles. The summed E-state index contributed by atoms with van der Waals surface area (Å²) in [5.74, 6) is -2.36. The Labute approximate surface area is 116 Å². The molecule has 1 nitrogen and oxygen atoms in total. The van der Waals surface area contributed by atoms with E-state index in [0.29, 0.717) is 16.7 Å². The summed E-state index contributed by atoms with van der Waals surface area (Å²) in [6.45, 7) is 0.825. The number of hydrogen-bond acceptors (Lipinski definition) is 2. The Balaban J connectivity index is 1.80. The molecule has 0 radical (unpaired) electrons. The molecule has 0 aliphatic heterocycles. The molecule has 0 aromatic heterocycles. The largest absolute Gasteiger partial charge is 0.385 e.